The zero-order valence-corrected chi connectivity index (χ0v) is 10.3. The van der Waals surface area contributed by atoms with Crippen LogP contribution in [0.1, 0.15) is 0 Å². The minimum absolute atomic E-state index is 0.480. The van der Waals surface area contributed by atoms with Gasteiger partial charge in [0.05, 0.1) is 7.11 Å². The van der Waals surface area contributed by atoms with E-state index in [-0.39, 0.29) is 0 Å². The summed E-state index contributed by atoms with van der Waals surface area (Å²) in [5, 5.41) is 3.97. The van der Waals surface area contributed by atoms with E-state index in [0.717, 1.165) is 16.9 Å². The fourth-order valence-corrected chi connectivity index (χ4v) is 1.69. The van der Waals surface area contributed by atoms with Gasteiger partial charge in [-0.3, -0.25) is 4.98 Å². The lowest BCUT2D eigenvalue weighted by Crippen LogP contribution is -1.84. The van der Waals surface area contributed by atoms with E-state index in [0.29, 0.717) is 11.7 Å². The number of ether oxygens (including phenoxy) is 1. The number of pyridine rings is 1. The first kappa shape index (κ1) is 11.4. The Hall–Kier alpha value is -2.69. The average Bonchev–Trinajstić information content (AvgIpc) is 2.98. The molecule has 0 saturated carbocycles. The highest BCUT2D eigenvalue weighted by Crippen LogP contribution is 2.23. The maximum Gasteiger partial charge on any atom is 0.258 e. The number of benzene rings is 1. The summed E-state index contributed by atoms with van der Waals surface area (Å²) in [6.07, 6.45) is 3.37. The maximum atomic E-state index is 5.24. The Balaban J connectivity index is 1.92. The Morgan fingerprint density at radius 3 is 2.37 bits per heavy atom. The first-order valence-electron chi connectivity index (χ1n) is 5.75. The van der Waals surface area contributed by atoms with E-state index in [1.165, 1.54) is 0 Å². The van der Waals surface area contributed by atoms with Crippen LogP contribution in [0.3, 0.4) is 0 Å². The van der Waals surface area contributed by atoms with Crippen molar-refractivity contribution in [3.05, 3.63) is 48.8 Å². The topological polar surface area (TPSA) is 61.0 Å². The van der Waals surface area contributed by atoms with Gasteiger partial charge in [-0.25, -0.2) is 0 Å². The van der Waals surface area contributed by atoms with Crippen LogP contribution < -0.4 is 4.74 Å². The highest BCUT2D eigenvalue weighted by Gasteiger charge is 2.10. The van der Waals surface area contributed by atoms with Crippen LogP contribution in [0.4, 0.5) is 0 Å². The largest absolute Gasteiger partial charge is 0.497 e. The molecular formula is C14H11N3O2. The molecule has 0 aliphatic rings. The summed E-state index contributed by atoms with van der Waals surface area (Å²) in [7, 11) is 1.63. The van der Waals surface area contributed by atoms with Crippen molar-refractivity contribution in [3.8, 4) is 28.6 Å². The Bertz CT molecular complexity index is 663. The molecule has 3 aromatic rings. The molecule has 0 amide bonds. The van der Waals surface area contributed by atoms with Gasteiger partial charge in [-0.05, 0) is 36.4 Å². The molecule has 5 nitrogen and oxygen atoms in total. The molecule has 0 fully saturated rings. The van der Waals surface area contributed by atoms with Crippen LogP contribution in [0.25, 0.3) is 22.8 Å². The van der Waals surface area contributed by atoms with Gasteiger partial charge >= 0.3 is 0 Å². The van der Waals surface area contributed by atoms with Crippen LogP contribution >= 0.6 is 0 Å². The van der Waals surface area contributed by atoms with Gasteiger partial charge in [-0.1, -0.05) is 5.16 Å². The molecule has 2 heterocycles. The van der Waals surface area contributed by atoms with Gasteiger partial charge in [-0.15, -0.1) is 0 Å². The van der Waals surface area contributed by atoms with Crippen LogP contribution in [-0.2, 0) is 0 Å². The van der Waals surface area contributed by atoms with Gasteiger partial charge in [0.15, 0.2) is 0 Å². The number of aromatic nitrogens is 3. The zero-order valence-electron chi connectivity index (χ0n) is 10.3. The molecule has 0 aliphatic heterocycles. The summed E-state index contributed by atoms with van der Waals surface area (Å²) in [4.78, 5) is 8.31. The van der Waals surface area contributed by atoms with Gasteiger partial charge < -0.3 is 9.26 Å². The Kier molecular flexibility index (Phi) is 2.94. The summed E-state index contributed by atoms with van der Waals surface area (Å²) in [6, 6.07) is 11.1. The second-order valence-electron chi connectivity index (χ2n) is 3.89. The highest BCUT2D eigenvalue weighted by molar-refractivity contribution is 5.59. The van der Waals surface area contributed by atoms with E-state index in [4.69, 9.17) is 9.26 Å². The monoisotopic (exact) mass is 253 g/mol. The summed E-state index contributed by atoms with van der Waals surface area (Å²) in [5.74, 6) is 1.82. The molecule has 19 heavy (non-hydrogen) atoms. The fraction of sp³-hybridized carbons (Fsp3) is 0.0714. The number of hydrogen-bond acceptors (Lipinski definition) is 5. The second kappa shape index (κ2) is 4.89. The second-order valence-corrected chi connectivity index (χ2v) is 3.89. The molecular weight excluding hydrogens is 242 g/mol. The summed E-state index contributed by atoms with van der Waals surface area (Å²) >= 11 is 0. The molecule has 0 N–H and O–H groups in total. The molecule has 0 saturated heterocycles. The van der Waals surface area contributed by atoms with Crippen molar-refractivity contribution >= 4 is 0 Å². The summed E-state index contributed by atoms with van der Waals surface area (Å²) in [6.45, 7) is 0. The van der Waals surface area contributed by atoms with Crippen molar-refractivity contribution in [1.29, 1.82) is 0 Å². The Morgan fingerprint density at radius 2 is 1.68 bits per heavy atom. The third kappa shape index (κ3) is 2.30. The lowest BCUT2D eigenvalue weighted by Gasteiger charge is -1.98. The molecule has 2 aromatic heterocycles. The molecule has 0 atom stereocenters. The van der Waals surface area contributed by atoms with Crippen molar-refractivity contribution in [2.45, 2.75) is 0 Å². The predicted molar refractivity (Wildman–Crippen MR) is 69.5 cm³/mol. The van der Waals surface area contributed by atoms with Gasteiger partial charge in [0, 0.05) is 23.5 Å². The minimum Gasteiger partial charge on any atom is -0.497 e. The fourth-order valence-electron chi connectivity index (χ4n) is 1.69. The number of methoxy groups -OCH3 is 1. The number of nitrogens with zero attached hydrogens (tertiary/aromatic N) is 3. The number of hydrogen-bond donors (Lipinski definition) is 0. The molecule has 94 valence electrons. The van der Waals surface area contributed by atoms with Crippen LogP contribution in [0.15, 0.2) is 53.3 Å². The van der Waals surface area contributed by atoms with Crippen LogP contribution in [0, 0.1) is 0 Å². The van der Waals surface area contributed by atoms with Crippen molar-refractivity contribution in [2.24, 2.45) is 0 Å². The van der Waals surface area contributed by atoms with Crippen molar-refractivity contribution in [3.63, 3.8) is 0 Å². The summed E-state index contributed by atoms with van der Waals surface area (Å²) < 4.78 is 10.3. The van der Waals surface area contributed by atoms with E-state index in [2.05, 4.69) is 15.1 Å². The average molecular weight is 253 g/mol. The van der Waals surface area contributed by atoms with Crippen LogP contribution in [0.5, 0.6) is 5.75 Å². The van der Waals surface area contributed by atoms with E-state index in [9.17, 15) is 0 Å². The normalized spacial score (nSPS) is 10.4. The first-order valence-corrected chi connectivity index (χ1v) is 5.75. The molecule has 0 bridgehead atoms. The van der Waals surface area contributed by atoms with Gasteiger partial charge in [-0.2, -0.15) is 4.98 Å². The molecule has 0 aliphatic carbocycles. The van der Waals surface area contributed by atoms with E-state index < -0.39 is 0 Å². The third-order valence-corrected chi connectivity index (χ3v) is 2.70. The van der Waals surface area contributed by atoms with Gasteiger partial charge in [0.2, 0.25) is 5.82 Å². The zero-order chi connectivity index (χ0) is 13.1. The maximum absolute atomic E-state index is 5.24. The molecule has 0 spiro atoms. The van der Waals surface area contributed by atoms with E-state index in [1.807, 2.05) is 36.4 Å². The smallest absolute Gasteiger partial charge is 0.258 e. The van der Waals surface area contributed by atoms with E-state index in [1.54, 1.807) is 19.5 Å². The van der Waals surface area contributed by atoms with Crippen molar-refractivity contribution < 1.29 is 9.26 Å². The molecule has 5 heteroatoms. The first-order chi connectivity index (χ1) is 9.36. The standard InChI is InChI=1S/C14H11N3O2/c1-18-12-4-2-10(3-5-12)13-16-14(19-17-13)11-6-8-15-9-7-11/h2-9H,1H3. The molecule has 0 unspecified atom stereocenters. The predicted octanol–water partition coefficient (Wildman–Crippen LogP) is 2.81. The Labute approximate surface area is 109 Å². The highest BCUT2D eigenvalue weighted by atomic mass is 16.5. The lowest BCUT2D eigenvalue weighted by atomic mass is 10.2. The molecule has 3 rings (SSSR count). The third-order valence-electron chi connectivity index (χ3n) is 2.70. The van der Waals surface area contributed by atoms with Gasteiger partial charge in [0.25, 0.3) is 5.89 Å². The SMILES string of the molecule is COc1ccc(-c2noc(-c3ccncc3)n2)cc1. The van der Waals surface area contributed by atoms with E-state index >= 15 is 0 Å². The van der Waals surface area contributed by atoms with Crippen LogP contribution in [-0.4, -0.2) is 22.2 Å². The van der Waals surface area contributed by atoms with Crippen molar-refractivity contribution in [1.82, 2.24) is 15.1 Å². The number of rotatable bonds is 3. The molecule has 0 radical (unpaired) electrons. The van der Waals surface area contributed by atoms with Gasteiger partial charge in [0.1, 0.15) is 5.75 Å². The molecule has 1 aromatic carbocycles. The quantitative estimate of drug-likeness (QED) is 0.718. The van der Waals surface area contributed by atoms with Crippen molar-refractivity contribution in [2.75, 3.05) is 7.11 Å². The Morgan fingerprint density at radius 1 is 0.947 bits per heavy atom. The lowest BCUT2D eigenvalue weighted by molar-refractivity contribution is 0.415. The van der Waals surface area contributed by atoms with Crippen LogP contribution in [0.2, 0.25) is 0 Å². The minimum atomic E-state index is 0.480. The summed E-state index contributed by atoms with van der Waals surface area (Å²) in [5.41, 5.74) is 1.73.